The normalized spacial score (nSPS) is 22.9. The molecule has 2 aliphatic heterocycles. The minimum absolute atomic E-state index is 0.0189. The fraction of sp³-hybridized carbons (Fsp3) is 0.581. The van der Waals surface area contributed by atoms with Crippen LogP contribution in [0.4, 0.5) is 5.82 Å². The van der Waals surface area contributed by atoms with Crippen LogP contribution in [0.25, 0.3) is 11.2 Å². The third-order valence-corrected chi connectivity index (χ3v) is 14.7. The molecule has 9 unspecified atom stereocenters. The van der Waals surface area contributed by atoms with Crippen molar-refractivity contribution in [2.45, 2.75) is 121 Å². The summed E-state index contributed by atoms with van der Waals surface area (Å²) in [5.41, 5.74) is 4.27. The van der Waals surface area contributed by atoms with Gasteiger partial charge < -0.3 is 55.6 Å². The summed E-state index contributed by atoms with van der Waals surface area (Å²) in [4.78, 5) is 88.4. The second kappa shape index (κ2) is 29.3. The Morgan fingerprint density at radius 1 is 0.847 bits per heavy atom. The molecular weight excluding hydrogens is 1030 g/mol. The maximum atomic E-state index is 12.8. The molecule has 72 heavy (non-hydrogen) atoms. The van der Waals surface area contributed by atoms with E-state index in [1.807, 2.05) is 12.2 Å². The topological polar surface area (TPSA) is 376 Å². The molecule has 2 amide bonds. The Morgan fingerprint density at radius 3 is 2.10 bits per heavy atom. The molecule has 2 saturated heterocycles. The molecule has 9 atom stereocenters. The van der Waals surface area contributed by atoms with Gasteiger partial charge in [0.1, 0.15) is 36.3 Å². The fourth-order valence-corrected chi connectivity index (χ4v) is 10.3. The lowest BCUT2D eigenvalue weighted by Gasteiger charge is -2.30. The van der Waals surface area contributed by atoms with Gasteiger partial charge in [-0.25, -0.2) is 28.6 Å². The van der Waals surface area contributed by atoms with Gasteiger partial charge in [0, 0.05) is 37.1 Å². The van der Waals surface area contributed by atoms with E-state index in [4.69, 9.17) is 24.3 Å². The van der Waals surface area contributed by atoms with Gasteiger partial charge in [0.05, 0.1) is 31.7 Å². The van der Waals surface area contributed by atoms with Crippen LogP contribution >= 0.6 is 35.2 Å². The van der Waals surface area contributed by atoms with Gasteiger partial charge in [0.15, 0.2) is 22.8 Å². The Labute approximate surface area is 421 Å². The maximum absolute atomic E-state index is 12.8. The summed E-state index contributed by atoms with van der Waals surface area (Å²) < 4.78 is 68.0. The first kappa shape index (κ1) is 60.8. The SMILES string of the molecule is CCC1OC1C/C=C/C/C=C/C/C=C/C/C=C/C/C=C/CCC(=O)SCCNC(=O)CCNC(=O)C(O)C(C)(C)COP(=O)(O)OP(=O)(O)OCC1OC(n2cnc3c(N)ncnc32)C(O)C1OP(=O)(O)O. The molecule has 0 bridgehead atoms. The number of nitrogens with one attached hydrogen (secondary N) is 2. The quantitative estimate of drug-likeness (QED) is 0.0207. The molecule has 0 radical (unpaired) electrons. The highest BCUT2D eigenvalue weighted by Gasteiger charge is 2.50. The zero-order valence-corrected chi connectivity index (χ0v) is 43.6. The summed E-state index contributed by atoms with van der Waals surface area (Å²) in [7, 11) is -16.4. The van der Waals surface area contributed by atoms with E-state index in [0.717, 1.165) is 67.5 Å². The van der Waals surface area contributed by atoms with Gasteiger partial charge in [-0.05, 0) is 44.9 Å². The number of carbonyl (C=O) groups is 3. The molecule has 0 aromatic carbocycles. The average Bonchev–Trinajstić information content (AvgIpc) is 3.83. The van der Waals surface area contributed by atoms with E-state index < -0.39 is 84.6 Å². The van der Waals surface area contributed by atoms with Gasteiger partial charge in [-0.1, -0.05) is 93.3 Å². The van der Waals surface area contributed by atoms with Gasteiger partial charge in [0.2, 0.25) is 11.8 Å². The van der Waals surface area contributed by atoms with Crippen LogP contribution in [0.15, 0.2) is 73.4 Å². The number of hydrogen-bond donors (Lipinski definition) is 9. The molecule has 10 N–H and O–H groups in total. The number of amides is 2. The number of aromatic nitrogens is 4. The largest absolute Gasteiger partial charge is 0.481 e. The number of nitrogen functional groups attached to an aromatic ring is 1. The molecule has 402 valence electrons. The first-order chi connectivity index (χ1) is 34.0. The van der Waals surface area contributed by atoms with Gasteiger partial charge in [-0.2, -0.15) is 4.31 Å². The van der Waals surface area contributed by atoms with Crippen molar-refractivity contribution in [3.63, 3.8) is 0 Å². The number of epoxide rings is 1. The van der Waals surface area contributed by atoms with Crippen molar-refractivity contribution in [3.05, 3.63) is 73.4 Å². The monoisotopic (exact) mass is 1090 g/mol. The predicted octanol–water partition coefficient (Wildman–Crippen LogP) is 4.35. The van der Waals surface area contributed by atoms with Crippen LogP contribution in [0.3, 0.4) is 0 Å². The van der Waals surface area contributed by atoms with E-state index in [1.54, 1.807) is 0 Å². The minimum atomic E-state index is -5.59. The third kappa shape index (κ3) is 21.6. The number of aliphatic hydroxyl groups excluding tert-OH is 2. The van der Waals surface area contributed by atoms with Crippen LogP contribution in [-0.2, 0) is 55.4 Å². The molecule has 4 heterocycles. The van der Waals surface area contributed by atoms with E-state index >= 15 is 0 Å². The average molecular weight is 1090 g/mol. The third-order valence-electron chi connectivity index (χ3n) is 10.7. The van der Waals surface area contributed by atoms with Crippen molar-refractivity contribution in [3.8, 4) is 0 Å². The van der Waals surface area contributed by atoms with Crippen molar-refractivity contribution < 1.29 is 85.2 Å². The van der Waals surface area contributed by atoms with Gasteiger partial charge >= 0.3 is 23.5 Å². The van der Waals surface area contributed by atoms with Gasteiger partial charge in [0.25, 0.3) is 0 Å². The number of nitrogens with zero attached hydrogens (tertiary/aromatic N) is 4. The summed E-state index contributed by atoms with van der Waals surface area (Å²) in [5, 5.41) is 26.6. The van der Waals surface area contributed by atoms with Crippen molar-refractivity contribution in [2.75, 3.05) is 37.8 Å². The second-order valence-electron chi connectivity index (χ2n) is 17.0. The Hall–Kier alpha value is -3.78. The van der Waals surface area contributed by atoms with Crippen LogP contribution in [0.2, 0.25) is 0 Å². The first-order valence-corrected chi connectivity index (χ1v) is 28.5. The highest BCUT2D eigenvalue weighted by Crippen LogP contribution is 2.61. The number of rotatable bonds is 33. The van der Waals surface area contributed by atoms with E-state index in [9.17, 15) is 57.9 Å². The molecule has 25 nitrogen and oxygen atoms in total. The molecule has 0 spiro atoms. The number of fused-ring (bicyclic) bond motifs is 1. The predicted molar refractivity (Wildman–Crippen MR) is 264 cm³/mol. The van der Waals surface area contributed by atoms with Crippen LogP contribution in [0.1, 0.15) is 84.8 Å². The minimum Gasteiger partial charge on any atom is -0.386 e. The number of phosphoric ester groups is 3. The Morgan fingerprint density at radius 2 is 1.47 bits per heavy atom. The molecular formula is C43H66N7O18P3S. The van der Waals surface area contributed by atoms with E-state index in [0.29, 0.717) is 30.8 Å². The Bertz CT molecular complexity index is 2400. The molecule has 2 aromatic heterocycles. The summed E-state index contributed by atoms with van der Waals surface area (Å²) in [5.74, 6) is -1.12. The number of carbonyl (C=O) groups excluding carboxylic acids is 3. The van der Waals surface area contributed by atoms with Crippen molar-refractivity contribution in [2.24, 2.45) is 5.41 Å². The molecule has 29 heteroatoms. The molecule has 2 aromatic rings. The van der Waals surface area contributed by atoms with E-state index in [2.05, 4.69) is 90.0 Å². The summed E-state index contributed by atoms with van der Waals surface area (Å²) >= 11 is 1.09. The number of nitrogens with two attached hydrogens (primary N) is 1. The van der Waals surface area contributed by atoms with E-state index in [-0.39, 0.29) is 41.6 Å². The van der Waals surface area contributed by atoms with Crippen LogP contribution in [-0.4, -0.2) is 135 Å². The Kier molecular flexibility index (Phi) is 24.8. The molecule has 0 saturated carbocycles. The Balaban J connectivity index is 1.05. The lowest BCUT2D eigenvalue weighted by Crippen LogP contribution is -2.46. The van der Waals surface area contributed by atoms with E-state index in [1.165, 1.54) is 13.8 Å². The number of ether oxygens (including phenoxy) is 2. The highest BCUT2D eigenvalue weighted by atomic mass is 32.2. The van der Waals surface area contributed by atoms with Crippen molar-refractivity contribution in [1.29, 1.82) is 0 Å². The van der Waals surface area contributed by atoms with Gasteiger partial charge in [-0.3, -0.25) is 32.5 Å². The smallest absolute Gasteiger partial charge is 0.386 e. The summed E-state index contributed by atoms with van der Waals surface area (Å²) in [6.45, 7) is 2.62. The molecule has 4 rings (SSSR count). The van der Waals surface area contributed by atoms with Crippen LogP contribution < -0.4 is 16.4 Å². The highest BCUT2D eigenvalue weighted by molar-refractivity contribution is 8.13. The maximum Gasteiger partial charge on any atom is 0.481 e. The molecule has 2 fully saturated rings. The van der Waals surface area contributed by atoms with Gasteiger partial charge in [-0.15, -0.1) is 0 Å². The summed E-state index contributed by atoms with van der Waals surface area (Å²) in [6, 6.07) is 0. The zero-order valence-electron chi connectivity index (χ0n) is 40.1. The zero-order chi connectivity index (χ0) is 53.0. The van der Waals surface area contributed by atoms with Crippen LogP contribution in [0.5, 0.6) is 0 Å². The lowest BCUT2D eigenvalue weighted by atomic mass is 9.87. The van der Waals surface area contributed by atoms with Crippen molar-refractivity contribution in [1.82, 2.24) is 30.2 Å². The molecule has 2 aliphatic rings. The summed E-state index contributed by atoms with van der Waals surface area (Å²) in [6.07, 6.45) is 21.4. The van der Waals surface area contributed by atoms with Crippen LogP contribution in [0, 0.1) is 5.41 Å². The fourth-order valence-electron chi connectivity index (χ4n) is 6.75. The number of allylic oxidation sites excluding steroid dienone is 9. The number of aliphatic hydroxyl groups is 2. The molecule has 0 aliphatic carbocycles. The number of imidazole rings is 1. The number of thioether (sulfide) groups is 1. The number of hydrogen-bond acceptors (Lipinski definition) is 19. The first-order valence-electron chi connectivity index (χ1n) is 23.0. The second-order valence-corrected chi connectivity index (χ2v) is 22.4. The number of anilines is 1. The standard InChI is InChI=1S/C43H66N7O18P3S/c1-4-30-31(65-30)20-18-16-14-12-10-8-6-5-7-9-11-13-15-17-19-21-34(52)72-25-24-45-33(51)22-23-46-41(55)38(54)43(2,3)27-64-71(61,62)68-70(59,60)63-26-32-37(67-69(56,57)58)36(53)42(66-32)50-29-49-35-39(44)47-28-48-40(35)50/h5-6,9-12,15-18,28-32,36-38,42,53-54H,4,7-8,13-14,19-27H2,1-3H3,(H,45,51)(H,46,55)(H,59,60)(H,61,62)(H2,44,47,48)(H2,56,57,58)/b6-5+,11-9+,12-10+,17-15+,18-16+. The number of phosphoric acid groups is 3. The lowest BCUT2D eigenvalue weighted by molar-refractivity contribution is -0.137. The van der Waals surface area contributed by atoms with Crippen molar-refractivity contribution >= 4 is 69.1 Å².